The van der Waals surface area contributed by atoms with Gasteiger partial charge in [0.1, 0.15) is 12.4 Å². The summed E-state index contributed by atoms with van der Waals surface area (Å²) in [6.45, 7) is 6.54. The summed E-state index contributed by atoms with van der Waals surface area (Å²) in [6, 6.07) is 13.7. The Kier molecular flexibility index (Phi) is 7.84. The van der Waals surface area contributed by atoms with E-state index < -0.39 is 5.97 Å². The van der Waals surface area contributed by atoms with Crippen LogP contribution >= 0.6 is 0 Å². The minimum Gasteiger partial charge on any atom is -0.465 e. The molecule has 36 heavy (non-hydrogen) atoms. The maximum atomic E-state index is 13.6. The minimum atomic E-state index is -0.438. The molecule has 0 saturated heterocycles. The molecule has 2 heterocycles. The van der Waals surface area contributed by atoms with Crippen molar-refractivity contribution in [2.45, 2.75) is 52.9 Å². The molecule has 0 aliphatic rings. The zero-order valence-electron chi connectivity index (χ0n) is 20.6. The summed E-state index contributed by atoms with van der Waals surface area (Å²) in [5, 5.41) is 12.9. The van der Waals surface area contributed by atoms with Crippen molar-refractivity contribution < 1.29 is 13.9 Å². The number of fused-ring (bicyclic) bond motifs is 1. The molecule has 10 heteroatoms. The fourth-order valence-corrected chi connectivity index (χ4v) is 4.29. The number of aromatic amines is 1. The van der Waals surface area contributed by atoms with Crippen molar-refractivity contribution in [1.82, 2.24) is 30.1 Å². The summed E-state index contributed by atoms with van der Waals surface area (Å²) in [4.78, 5) is 30.2. The van der Waals surface area contributed by atoms with Crippen LogP contribution in [0.3, 0.4) is 0 Å². The molecule has 188 valence electrons. The van der Waals surface area contributed by atoms with Gasteiger partial charge in [-0.1, -0.05) is 31.2 Å². The predicted molar refractivity (Wildman–Crippen MR) is 132 cm³/mol. The van der Waals surface area contributed by atoms with E-state index in [9.17, 15) is 14.0 Å². The summed E-state index contributed by atoms with van der Waals surface area (Å²) >= 11 is 0. The number of ether oxygens (including phenoxy) is 1. The van der Waals surface area contributed by atoms with Crippen LogP contribution < -0.4 is 5.56 Å². The van der Waals surface area contributed by atoms with Crippen LogP contribution in [0.4, 0.5) is 4.39 Å². The minimum absolute atomic E-state index is 0.118. The molecule has 0 radical (unpaired) electrons. The van der Waals surface area contributed by atoms with Gasteiger partial charge in [-0.25, -0.2) is 9.07 Å². The molecule has 0 spiro atoms. The summed E-state index contributed by atoms with van der Waals surface area (Å²) < 4.78 is 20.0. The van der Waals surface area contributed by atoms with Crippen LogP contribution in [0.2, 0.25) is 0 Å². The van der Waals surface area contributed by atoms with E-state index in [4.69, 9.17) is 4.74 Å². The Hall–Kier alpha value is -3.92. The van der Waals surface area contributed by atoms with E-state index in [0.29, 0.717) is 30.9 Å². The van der Waals surface area contributed by atoms with E-state index in [2.05, 4.69) is 25.4 Å². The molecule has 1 unspecified atom stereocenters. The molecule has 0 amide bonds. The van der Waals surface area contributed by atoms with Crippen molar-refractivity contribution in [3.8, 4) is 0 Å². The zero-order chi connectivity index (χ0) is 25.7. The van der Waals surface area contributed by atoms with Gasteiger partial charge in [0, 0.05) is 24.2 Å². The third-order valence-electron chi connectivity index (χ3n) is 6.02. The highest BCUT2D eigenvalue weighted by Gasteiger charge is 2.27. The fourth-order valence-electron chi connectivity index (χ4n) is 4.29. The molecule has 1 atom stereocenters. The van der Waals surface area contributed by atoms with E-state index >= 15 is 0 Å². The lowest BCUT2D eigenvalue weighted by molar-refractivity contribution is -0.144. The number of pyridine rings is 1. The third-order valence-corrected chi connectivity index (χ3v) is 6.02. The first-order valence-corrected chi connectivity index (χ1v) is 11.9. The monoisotopic (exact) mass is 492 g/mol. The Morgan fingerprint density at radius 2 is 1.92 bits per heavy atom. The standard InChI is InChI=1S/C26H29FN6O3/c1-4-23(25-29-30-31-33(25)16-24(34)36-5-2)32(14-18-7-10-21(27)11-8-18)15-20-13-19-9-6-17(3)12-22(19)28-26(20)35/h6-13,23H,4-5,14-16H2,1-3H3,(H,28,35). The van der Waals surface area contributed by atoms with E-state index in [1.54, 1.807) is 19.1 Å². The lowest BCUT2D eigenvalue weighted by Crippen LogP contribution is -2.33. The number of aromatic nitrogens is 5. The van der Waals surface area contributed by atoms with Crippen LogP contribution in [0.5, 0.6) is 0 Å². The van der Waals surface area contributed by atoms with Gasteiger partial charge < -0.3 is 9.72 Å². The second-order valence-electron chi connectivity index (χ2n) is 8.67. The van der Waals surface area contributed by atoms with E-state index in [0.717, 1.165) is 22.0 Å². The van der Waals surface area contributed by atoms with Crippen molar-refractivity contribution in [2.24, 2.45) is 0 Å². The summed E-state index contributed by atoms with van der Waals surface area (Å²) in [5.74, 6) is -0.273. The lowest BCUT2D eigenvalue weighted by Gasteiger charge is -2.30. The van der Waals surface area contributed by atoms with Gasteiger partial charge >= 0.3 is 5.97 Å². The van der Waals surface area contributed by atoms with Crippen LogP contribution in [-0.2, 0) is 29.2 Å². The number of esters is 1. The SMILES string of the molecule is CCOC(=O)Cn1nnnc1C(CC)N(Cc1ccc(F)cc1)Cc1cc2ccc(C)cc2[nH]c1=O. The van der Waals surface area contributed by atoms with Gasteiger partial charge in [0.05, 0.1) is 12.6 Å². The number of nitrogens with zero attached hydrogens (tertiary/aromatic N) is 5. The lowest BCUT2D eigenvalue weighted by atomic mass is 10.1. The Morgan fingerprint density at radius 1 is 1.14 bits per heavy atom. The summed E-state index contributed by atoms with van der Waals surface area (Å²) in [6.07, 6.45) is 0.606. The number of tetrazole rings is 1. The predicted octanol–water partition coefficient (Wildman–Crippen LogP) is 3.68. The van der Waals surface area contributed by atoms with Gasteiger partial charge in [-0.3, -0.25) is 14.5 Å². The summed E-state index contributed by atoms with van der Waals surface area (Å²) in [5.41, 5.74) is 3.10. The number of aryl methyl sites for hydroxylation is 1. The number of benzene rings is 2. The molecule has 0 saturated carbocycles. The van der Waals surface area contributed by atoms with Crippen LogP contribution in [0.15, 0.2) is 53.3 Å². The quantitative estimate of drug-likeness (QED) is 0.337. The highest BCUT2D eigenvalue weighted by Crippen LogP contribution is 2.27. The number of nitrogens with one attached hydrogen (secondary N) is 1. The average Bonchev–Trinajstić information content (AvgIpc) is 3.29. The number of carbonyl (C=O) groups is 1. The number of hydrogen-bond acceptors (Lipinski definition) is 7. The maximum Gasteiger partial charge on any atom is 0.327 e. The average molecular weight is 493 g/mol. The Balaban J connectivity index is 1.71. The van der Waals surface area contributed by atoms with Crippen molar-refractivity contribution in [2.75, 3.05) is 6.61 Å². The van der Waals surface area contributed by atoms with Gasteiger partial charge in [0.15, 0.2) is 5.82 Å². The molecule has 0 aliphatic carbocycles. The maximum absolute atomic E-state index is 13.6. The van der Waals surface area contributed by atoms with E-state index in [1.165, 1.54) is 16.8 Å². The van der Waals surface area contributed by atoms with Crippen LogP contribution in [-0.4, -0.2) is 42.7 Å². The molecular weight excluding hydrogens is 463 g/mol. The smallest absolute Gasteiger partial charge is 0.327 e. The first kappa shape index (κ1) is 25.2. The molecule has 4 rings (SSSR count). The van der Waals surface area contributed by atoms with E-state index in [1.807, 2.05) is 38.1 Å². The van der Waals surface area contributed by atoms with Gasteiger partial charge in [-0.15, -0.1) is 5.10 Å². The molecule has 0 aliphatic heterocycles. The van der Waals surface area contributed by atoms with Gasteiger partial charge in [0.25, 0.3) is 5.56 Å². The van der Waals surface area contributed by atoms with Crippen LogP contribution in [0, 0.1) is 12.7 Å². The molecule has 4 aromatic rings. The molecular formula is C26H29FN6O3. The molecule has 0 fully saturated rings. The normalized spacial score (nSPS) is 12.2. The number of hydrogen-bond donors (Lipinski definition) is 1. The molecule has 9 nitrogen and oxygen atoms in total. The number of rotatable bonds is 10. The second-order valence-corrected chi connectivity index (χ2v) is 8.67. The van der Waals surface area contributed by atoms with Crippen LogP contribution in [0.25, 0.3) is 10.9 Å². The molecule has 2 aromatic heterocycles. The number of halogens is 1. The van der Waals surface area contributed by atoms with Gasteiger partial charge in [-0.2, -0.15) is 0 Å². The summed E-state index contributed by atoms with van der Waals surface area (Å²) in [7, 11) is 0. The first-order valence-electron chi connectivity index (χ1n) is 11.9. The Morgan fingerprint density at radius 3 is 2.64 bits per heavy atom. The molecule has 0 bridgehead atoms. The van der Waals surface area contributed by atoms with Gasteiger partial charge in [-0.05, 0) is 71.5 Å². The van der Waals surface area contributed by atoms with Crippen molar-refractivity contribution in [1.29, 1.82) is 0 Å². The van der Waals surface area contributed by atoms with Crippen molar-refractivity contribution in [3.63, 3.8) is 0 Å². The Labute approximate surface area is 207 Å². The number of H-pyrrole nitrogens is 1. The van der Waals surface area contributed by atoms with Crippen LogP contribution in [0.1, 0.15) is 48.8 Å². The zero-order valence-corrected chi connectivity index (χ0v) is 20.6. The Bertz CT molecular complexity index is 1400. The third kappa shape index (κ3) is 5.83. The van der Waals surface area contributed by atoms with Crippen molar-refractivity contribution >= 4 is 16.9 Å². The molecule has 2 aromatic carbocycles. The fraction of sp³-hybridized carbons (Fsp3) is 0.346. The second kappa shape index (κ2) is 11.2. The highest BCUT2D eigenvalue weighted by atomic mass is 19.1. The highest BCUT2D eigenvalue weighted by molar-refractivity contribution is 5.79. The van der Waals surface area contributed by atoms with Gasteiger partial charge in [0.2, 0.25) is 0 Å². The topological polar surface area (TPSA) is 106 Å². The molecule has 1 N–H and O–H groups in total. The van der Waals surface area contributed by atoms with E-state index in [-0.39, 0.29) is 30.6 Å². The van der Waals surface area contributed by atoms with Crippen molar-refractivity contribution in [3.05, 3.63) is 87.2 Å². The largest absolute Gasteiger partial charge is 0.465 e. The number of carbonyl (C=O) groups excluding carboxylic acids is 1. The first-order chi connectivity index (χ1) is 17.4.